The Hall–Kier alpha value is -1.94. The number of fused-ring (bicyclic) bond motifs is 1. The van der Waals surface area contributed by atoms with Gasteiger partial charge in [0.15, 0.2) is 0 Å². The van der Waals surface area contributed by atoms with Crippen LogP contribution in [0.4, 0.5) is 0 Å². The molecule has 0 spiro atoms. The molecule has 1 aromatic heterocycles. The number of rotatable bonds is 4. The Labute approximate surface area is 112 Å². The van der Waals surface area contributed by atoms with E-state index in [0.717, 1.165) is 23.7 Å². The third-order valence-electron chi connectivity index (χ3n) is 3.90. The minimum absolute atomic E-state index is 0.0432. The van der Waals surface area contributed by atoms with Crippen molar-refractivity contribution in [3.63, 3.8) is 0 Å². The third kappa shape index (κ3) is 2.31. The lowest BCUT2D eigenvalue weighted by molar-refractivity contribution is 0.0947. The average Bonchev–Trinajstić information content (AvgIpc) is 3.25. The summed E-state index contributed by atoms with van der Waals surface area (Å²) in [5.74, 6) is -0.0432. The van der Waals surface area contributed by atoms with Crippen LogP contribution in [-0.2, 0) is 0 Å². The normalized spacial score (nSPS) is 16.3. The standard InChI is InChI=1S/C15H17N3O/c16-9-15(6-7-15)10-18-14(19)12-3-1-5-13-11(12)4-2-8-17-13/h1-5,8H,6-7,9-10,16H2,(H,18,19). The highest BCUT2D eigenvalue weighted by Gasteiger charge is 2.41. The van der Waals surface area contributed by atoms with Gasteiger partial charge in [-0.15, -0.1) is 0 Å². The van der Waals surface area contributed by atoms with Gasteiger partial charge in [-0.2, -0.15) is 0 Å². The number of aromatic nitrogens is 1. The molecule has 1 fully saturated rings. The molecule has 1 heterocycles. The molecule has 0 unspecified atom stereocenters. The molecule has 1 aromatic carbocycles. The second-order valence-corrected chi connectivity index (χ2v) is 5.26. The van der Waals surface area contributed by atoms with E-state index in [1.807, 2.05) is 30.3 Å². The van der Waals surface area contributed by atoms with Gasteiger partial charge < -0.3 is 11.1 Å². The molecular weight excluding hydrogens is 238 g/mol. The Bertz CT molecular complexity index is 614. The van der Waals surface area contributed by atoms with Gasteiger partial charge in [0.25, 0.3) is 5.91 Å². The Morgan fingerprint density at radius 1 is 1.32 bits per heavy atom. The van der Waals surface area contributed by atoms with Crippen LogP contribution in [0.15, 0.2) is 36.5 Å². The van der Waals surface area contributed by atoms with E-state index in [4.69, 9.17) is 5.73 Å². The Balaban J connectivity index is 1.82. The van der Waals surface area contributed by atoms with E-state index in [0.29, 0.717) is 18.7 Å². The lowest BCUT2D eigenvalue weighted by Crippen LogP contribution is -2.33. The van der Waals surface area contributed by atoms with Crippen LogP contribution < -0.4 is 11.1 Å². The zero-order chi connectivity index (χ0) is 13.3. The van der Waals surface area contributed by atoms with E-state index in [-0.39, 0.29) is 11.3 Å². The van der Waals surface area contributed by atoms with Crippen molar-refractivity contribution in [3.05, 3.63) is 42.1 Å². The van der Waals surface area contributed by atoms with Crippen LogP contribution in [0, 0.1) is 5.41 Å². The number of nitrogens with one attached hydrogen (secondary N) is 1. The number of pyridine rings is 1. The molecule has 0 atom stereocenters. The summed E-state index contributed by atoms with van der Waals surface area (Å²) in [6.07, 6.45) is 3.96. The first-order valence-corrected chi connectivity index (χ1v) is 6.56. The zero-order valence-corrected chi connectivity index (χ0v) is 10.7. The molecule has 2 aromatic rings. The fraction of sp³-hybridized carbons (Fsp3) is 0.333. The first-order chi connectivity index (χ1) is 9.24. The van der Waals surface area contributed by atoms with Crippen molar-refractivity contribution >= 4 is 16.8 Å². The highest BCUT2D eigenvalue weighted by atomic mass is 16.1. The fourth-order valence-corrected chi connectivity index (χ4v) is 2.29. The van der Waals surface area contributed by atoms with Crippen LogP contribution in [-0.4, -0.2) is 24.0 Å². The molecule has 0 saturated heterocycles. The minimum atomic E-state index is -0.0432. The highest BCUT2D eigenvalue weighted by molar-refractivity contribution is 6.06. The summed E-state index contributed by atoms with van der Waals surface area (Å²) in [4.78, 5) is 16.5. The monoisotopic (exact) mass is 255 g/mol. The quantitative estimate of drug-likeness (QED) is 0.873. The molecule has 4 heteroatoms. The molecule has 0 aliphatic heterocycles. The third-order valence-corrected chi connectivity index (χ3v) is 3.90. The summed E-state index contributed by atoms with van der Waals surface area (Å²) in [5, 5.41) is 3.89. The van der Waals surface area contributed by atoms with Crippen molar-refractivity contribution in [3.8, 4) is 0 Å². The second-order valence-electron chi connectivity index (χ2n) is 5.26. The number of nitrogens with two attached hydrogens (primary N) is 1. The molecule has 0 radical (unpaired) electrons. The smallest absolute Gasteiger partial charge is 0.251 e. The average molecular weight is 255 g/mol. The van der Waals surface area contributed by atoms with Gasteiger partial charge in [0, 0.05) is 29.1 Å². The summed E-state index contributed by atoms with van der Waals surface area (Å²) < 4.78 is 0. The molecule has 3 N–H and O–H groups in total. The van der Waals surface area contributed by atoms with E-state index in [1.54, 1.807) is 6.20 Å². The molecule has 19 heavy (non-hydrogen) atoms. The van der Waals surface area contributed by atoms with Gasteiger partial charge in [0.2, 0.25) is 0 Å². The highest BCUT2D eigenvalue weighted by Crippen LogP contribution is 2.43. The zero-order valence-electron chi connectivity index (χ0n) is 10.7. The molecule has 0 bridgehead atoms. The summed E-state index contributed by atoms with van der Waals surface area (Å²) in [7, 11) is 0. The van der Waals surface area contributed by atoms with Crippen molar-refractivity contribution < 1.29 is 4.79 Å². The predicted molar refractivity (Wildman–Crippen MR) is 74.8 cm³/mol. The molecule has 1 amide bonds. The predicted octanol–water partition coefficient (Wildman–Crippen LogP) is 1.70. The first-order valence-electron chi connectivity index (χ1n) is 6.56. The second kappa shape index (κ2) is 4.63. The van der Waals surface area contributed by atoms with E-state index in [9.17, 15) is 4.79 Å². The first kappa shape index (κ1) is 12.1. The van der Waals surface area contributed by atoms with Crippen LogP contribution >= 0.6 is 0 Å². The van der Waals surface area contributed by atoms with Gasteiger partial charge in [0.1, 0.15) is 0 Å². The lowest BCUT2D eigenvalue weighted by Gasteiger charge is -2.14. The molecule has 1 aliphatic carbocycles. The van der Waals surface area contributed by atoms with Crippen molar-refractivity contribution in [1.82, 2.24) is 10.3 Å². The van der Waals surface area contributed by atoms with E-state index in [2.05, 4.69) is 10.3 Å². The number of benzene rings is 1. The van der Waals surface area contributed by atoms with Gasteiger partial charge in [-0.25, -0.2) is 0 Å². The molecule has 98 valence electrons. The Morgan fingerprint density at radius 3 is 2.89 bits per heavy atom. The minimum Gasteiger partial charge on any atom is -0.351 e. The number of carbonyl (C=O) groups is 1. The lowest BCUT2D eigenvalue weighted by atomic mass is 10.1. The molecule has 1 aliphatic rings. The maximum atomic E-state index is 12.3. The van der Waals surface area contributed by atoms with Crippen molar-refractivity contribution in [2.24, 2.45) is 11.1 Å². The maximum Gasteiger partial charge on any atom is 0.251 e. The van der Waals surface area contributed by atoms with Crippen LogP contribution in [0.1, 0.15) is 23.2 Å². The van der Waals surface area contributed by atoms with Gasteiger partial charge in [-0.3, -0.25) is 9.78 Å². The van der Waals surface area contributed by atoms with E-state index in [1.165, 1.54) is 0 Å². The van der Waals surface area contributed by atoms with Gasteiger partial charge in [-0.1, -0.05) is 12.1 Å². The van der Waals surface area contributed by atoms with Crippen LogP contribution in [0.3, 0.4) is 0 Å². The molecule has 4 nitrogen and oxygen atoms in total. The van der Waals surface area contributed by atoms with Crippen LogP contribution in [0.5, 0.6) is 0 Å². The number of hydrogen-bond donors (Lipinski definition) is 2. The van der Waals surface area contributed by atoms with Gasteiger partial charge in [-0.05, 0) is 37.6 Å². The van der Waals surface area contributed by atoms with Gasteiger partial charge >= 0.3 is 0 Å². The van der Waals surface area contributed by atoms with Gasteiger partial charge in [0.05, 0.1) is 5.52 Å². The van der Waals surface area contributed by atoms with Crippen molar-refractivity contribution in [2.45, 2.75) is 12.8 Å². The topological polar surface area (TPSA) is 68.0 Å². The summed E-state index contributed by atoms with van der Waals surface area (Å²) >= 11 is 0. The number of hydrogen-bond acceptors (Lipinski definition) is 3. The number of carbonyl (C=O) groups excluding carboxylic acids is 1. The molecule has 3 rings (SSSR count). The summed E-state index contributed by atoms with van der Waals surface area (Å²) in [5.41, 5.74) is 7.40. The Morgan fingerprint density at radius 2 is 2.16 bits per heavy atom. The van der Waals surface area contributed by atoms with E-state index >= 15 is 0 Å². The van der Waals surface area contributed by atoms with E-state index < -0.39 is 0 Å². The van der Waals surface area contributed by atoms with Crippen LogP contribution in [0.2, 0.25) is 0 Å². The van der Waals surface area contributed by atoms with Crippen molar-refractivity contribution in [1.29, 1.82) is 0 Å². The van der Waals surface area contributed by atoms with Crippen LogP contribution in [0.25, 0.3) is 10.9 Å². The SMILES string of the molecule is NCC1(CNC(=O)c2cccc3ncccc23)CC1. The van der Waals surface area contributed by atoms with Crippen molar-refractivity contribution in [2.75, 3.05) is 13.1 Å². The molecular formula is C15H17N3O. The Kier molecular flexibility index (Phi) is 2.95. The maximum absolute atomic E-state index is 12.3. The summed E-state index contributed by atoms with van der Waals surface area (Å²) in [6.45, 7) is 1.31. The fourth-order valence-electron chi connectivity index (χ4n) is 2.29. The number of amides is 1. The number of nitrogens with zero attached hydrogens (tertiary/aromatic N) is 1. The largest absolute Gasteiger partial charge is 0.351 e. The summed E-state index contributed by atoms with van der Waals surface area (Å²) in [6, 6.07) is 9.38. The molecule has 1 saturated carbocycles.